The van der Waals surface area contributed by atoms with Crippen molar-refractivity contribution in [2.24, 2.45) is 5.92 Å². The molecular formula is C10H12BrF4NO2. The van der Waals surface area contributed by atoms with Crippen LogP contribution in [-0.4, -0.2) is 35.4 Å². The molecule has 3 nitrogen and oxygen atoms in total. The van der Waals surface area contributed by atoms with Gasteiger partial charge >= 0.3 is 12.3 Å². The van der Waals surface area contributed by atoms with Gasteiger partial charge in [-0.1, -0.05) is 22.4 Å². The molecule has 1 amide bonds. The highest BCUT2D eigenvalue weighted by atomic mass is 79.9. The first kappa shape index (κ1) is 15.4. The van der Waals surface area contributed by atoms with E-state index in [0.29, 0.717) is 19.3 Å². The quantitative estimate of drug-likeness (QED) is 0.619. The summed E-state index contributed by atoms with van der Waals surface area (Å²) in [6, 6.07) is -0.785. The van der Waals surface area contributed by atoms with Crippen LogP contribution in [0.25, 0.3) is 0 Å². The van der Waals surface area contributed by atoms with Crippen LogP contribution in [0, 0.1) is 5.92 Å². The second-order valence-electron chi connectivity index (χ2n) is 4.14. The van der Waals surface area contributed by atoms with E-state index < -0.39 is 30.2 Å². The third-order valence-corrected chi connectivity index (χ3v) is 3.51. The maximum absolute atomic E-state index is 12.7. The summed E-state index contributed by atoms with van der Waals surface area (Å²) in [4.78, 5) is 22.5. The number of ketones is 1. The van der Waals surface area contributed by atoms with Gasteiger partial charge in [0.25, 0.3) is 5.91 Å². The van der Waals surface area contributed by atoms with Crippen molar-refractivity contribution in [2.45, 2.75) is 37.7 Å². The van der Waals surface area contributed by atoms with Crippen LogP contribution in [0.1, 0.15) is 19.3 Å². The predicted octanol–water partition coefficient (Wildman–Crippen LogP) is 2.14. The van der Waals surface area contributed by atoms with Gasteiger partial charge in [-0.2, -0.15) is 8.78 Å². The van der Waals surface area contributed by atoms with E-state index in [2.05, 4.69) is 15.9 Å². The first-order valence-electron chi connectivity index (χ1n) is 5.36. The van der Waals surface area contributed by atoms with Gasteiger partial charge in [-0.25, -0.2) is 8.78 Å². The highest BCUT2D eigenvalue weighted by Crippen LogP contribution is 2.29. The third-order valence-electron chi connectivity index (χ3n) is 2.95. The lowest BCUT2D eigenvalue weighted by Gasteiger charge is -2.22. The van der Waals surface area contributed by atoms with E-state index in [0.717, 1.165) is 0 Å². The van der Waals surface area contributed by atoms with Crippen LogP contribution < -0.4 is 5.32 Å². The van der Waals surface area contributed by atoms with E-state index in [1.165, 1.54) is 0 Å². The summed E-state index contributed by atoms with van der Waals surface area (Å²) in [5.74, 6) is -7.54. The zero-order chi connectivity index (χ0) is 13.9. The molecule has 0 bridgehead atoms. The first-order valence-corrected chi connectivity index (χ1v) is 6.48. The molecular weight excluding hydrogens is 322 g/mol. The van der Waals surface area contributed by atoms with Crippen molar-refractivity contribution in [1.82, 2.24) is 5.32 Å². The minimum atomic E-state index is -4.72. The van der Waals surface area contributed by atoms with Crippen molar-refractivity contribution in [3.8, 4) is 0 Å². The molecule has 0 aromatic heterocycles. The number of halogens is 5. The van der Waals surface area contributed by atoms with Crippen LogP contribution in [0.4, 0.5) is 17.6 Å². The Morgan fingerprint density at radius 3 is 2.44 bits per heavy atom. The van der Waals surface area contributed by atoms with E-state index in [9.17, 15) is 27.2 Å². The number of rotatable bonds is 5. The van der Waals surface area contributed by atoms with Crippen LogP contribution >= 0.6 is 15.9 Å². The van der Waals surface area contributed by atoms with Gasteiger partial charge < -0.3 is 5.32 Å². The molecule has 8 heteroatoms. The van der Waals surface area contributed by atoms with E-state index >= 15 is 0 Å². The molecule has 1 aliphatic carbocycles. The van der Waals surface area contributed by atoms with E-state index in [1.54, 1.807) is 0 Å². The Morgan fingerprint density at radius 1 is 1.33 bits per heavy atom. The van der Waals surface area contributed by atoms with Gasteiger partial charge in [0.15, 0.2) is 0 Å². The highest BCUT2D eigenvalue weighted by Gasteiger charge is 2.50. The van der Waals surface area contributed by atoms with Crippen LogP contribution in [0.3, 0.4) is 0 Å². The fourth-order valence-corrected chi connectivity index (χ4v) is 2.40. The number of carbonyl (C=O) groups excluding carboxylic acids is 2. The van der Waals surface area contributed by atoms with E-state index in [-0.39, 0.29) is 11.1 Å². The second kappa shape index (κ2) is 5.99. The standard InChI is InChI=1S/C10H12BrF4NO2/c11-4-7(17)5-2-1-3-6(5)16-9(18)10(14,15)8(12)13/h5-6,8H,1-4H2,(H,16,18). The normalized spacial score (nSPS) is 24.3. The summed E-state index contributed by atoms with van der Waals surface area (Å²) in [6.07, 6.45) is -2.65. The van der Waals surface area contributed by atoms with E-state index in [1.807, 2.05) is 5.32 Å². The monoisotopic (exact) mass is 333 g/mol. The van der Waals surface area contributed by atoms with Crippen LogP contribution in [0.15, 0.2) is 0 Å². The summed E-state index contributed by atoms with van der Waals surface area (Å²) >= 11 is 2.95. The Balaban J connectivity index is 2.67. The molecule has 0 saturated heterocycles. The minimum absolute atomic E-state index is 0.0509. The lowest BCUT2D eigenvalue weighted by Crippen LogP contribution is -2.50. The van der Waals surface area contributed by atoms with Gasteiger partial charge in [0, 0.05) is 12.0 Å². The fraction of sp³-hybridized carbons (Fsp3) is 0.800. The summed E-state index contributed by atoms with van der Waals surface area (Å²) in [6.45, 7) is 0. The van der Waals surface area contributed by atoms with Crippen molar-refractivity contribution in [3.05, 3.63) is 0 Å². The van der Waals surface area contributed by atoms with Crippen molar-refractivity contribution in [2.75, 3.05) is 5.33 Å². The van der Waals surface area contributed by atoms with Crippen LogP contribution in [0.5, 0.6) is 0 Å². The van der Waals surface area contributed by atoms with Crippen molar-refractivity contribution >= 4 is 27.6 Å². The summed E-state index contributed by atoms with van der Waals surface area (Å²) in [7, 11) is 0. The summed E-state index contributed by atoms with van der Waals surface area (Å²) in [5.41, 5.74) is 0. The SMILES string of the molecule is O=C(CBr)C1CCCC1NC(=O)C(F)(F)C(F)F. The molecule has 1 N–H and O–H groups in total. The number of nitrogens with one attached hydrogen (secondary N) is 1. The number of hydrogen-bond donors (Lipinski definition) is 1. The Hall–Kier alpha value is -0.660. The third kappa shape index (κ3) is 3.21. The topological polar surface area (TPSA) is 46.2 Å². The zero-order valence-corrected chi connectivity index (χ0v) is 10.9. The Morgan fingerprint density at radius 2 is 1.94 bits per heavy atom. The minimum Gasteiger partial charge on any atom is -0.347 e. The van der Waals surface area contributed by atoms with Gasteiger partial charge in [-0.05, 0) is 12.8 Å². The molecule has 0 radical (unpaired) electrons. The van der Waals surface area contributed by atoms with E-state index in [4.69, 9.17) is 0 Å². The summed E-state index contributed by atoms with van der Waals surface area (Å²) < 4.78 is 49.4. The maximum atomic E-state index is 12.7. The molecule has 1 saturated carbocycles. The first-order chi connectivity index (χ1) is 8.30. The molecule has 2 atom stereocenters. The molecule has 104 valence electrons. The number of Topliss-reactive ketones (excluding diaryl/α,β-unsaturated/α-hetero) is 1. The van der Waals surface area contributed by atoms with Crippen LogP contribution in [0.2, 0.25) is 0 Å². The molecule has 2 unspecified atom stereocenters. The number of hydrogen-bond acceptors (Lipinski definition) is 2. The fourth-order valence-electron chi connectivity index (χ4n) is 1.98. The molecule has 1 aliphatic rings. The maximum Gasteiger partial charge on any atom is 0.383 e. The van der Waals surface area contributed by atoms with Crippen LogP contribution in [-0.2, 0) is 9.59 Å². The zero-order valence-electron chi connectivity index (χ0n) is 9.27. The predicted molar refractivity (Wildman–Crippen MR) is 59.0 cm³/mol. The van der Waals surface area contributed by atoms with Gasteiger partial charge in [-0.15, -0.1) is 0 Å². The largest absolute Gasteiger partial charge is 0.383 e. The molecule has 1 fully saturated rings. The second-order valence-corrected chi connectivity index (χ2v) is 4.70. The molecule has 0 spiro atoms. The molecule has 0 heterocycles. The Bertz CT molecular complexity index is 338. The van der Waals surface area contributed by atoms with Crippen molar-refractivity contribution < 1.29 is 27.2 Å². The van der Waals surface area contributed by atoms with Gasteiger partial charge in [0.2, 0.25) is 0 Å². The van der Waals surface area contributed by atoms with Gasteiger partial charge in [0.05, 0.1) is 5.33 Å². The van der Waals surface area contributed by atoms with Gasteiger partial charge in [0.1, 0.15) is 5.78 Å². The molecule has 0 aromatic rings. The average Bonchev–Trinajstić information content (AvgIpc) is 2.75. The number of amides is 1. The lowest BCUT2D eigenvalue weighted by molar-refractivity contribution is -0.170. The van der Waals surface area contributed by atoms with Crippen molar-refractivity contribution in [1.29, 1.82) is 0 Å². The number of carbonyl (C=O) groups is 2. The van der Waals surface area contributed by atoms with Gasteiger partial charge in [-0.3, -0.25) is 9.59 Å². The highest BCUT2D eigenvalue weighted by molar-refractivity contribution is 9.09. The van der Waals surface area contributed by atoms with Crippen molar-refractivity contribution in [3.63, 3.8) is 0 Å². The lowest BCUT2D eigenvalue weighted by atomic mass is 9.99. The molecule has 0 aromatic carbocycles. The Kier molecular flexibility index (Phi) is 5.12. The average molecular weight is 334 g/mol. The molecule has 18 heavy (non-hydrogen) atoms. The Labute approximate surface area is 109 Å². The molecule has 0 aliphatic heterocycles. The smallest absolute Gasteiger partial charge is 0.347 e. The number of alkyl halides is 5. The molecule has 1 rings (SSSR count). The summed E-state index contributed by atoms with van der Waals surface area (Å²) in [5, 5.41) is 1.91.